The predicted molar refractivity (Wildman–Crippen MR) is 81.5 cm³/mol. The number of nitrogens with zero attached hydrogens (tertiary/aromatic N) is 2. The van der Waals surface area contributed by atoms with Crippen LogP contribution in [0.3, 0.4) is 0 Å². The van der Waals surface area contributed by atoms with Crippen LogP contribution >= 0.6 is 0 Å². The highest BCUT2D eigenvalue weighted by molar-refractivity contribution is 5.43. The summed E-state index contributed by atoms with van der Waals surface area (Å²) >= 11 is 0. The molecule has 3 atom stereocenters. The van der Waals surface area contributed by atoms with Gasteiger partial charge in [0.05, 0.1) is 0 Å². The molecule has 0 amide bonds. The highest BCUT2D eigenvalue weighted by Gasteiger charge is 2.29. The third kappa shape index (κ3) is 3.08. The molecule has 3 nitrogen and oxygen atoms in total. The van der Waals surface area contributed by atoms with Crippen molar-refractivity contribution in [3.8, 4) is 0 Å². The van der Waals surface area contributed by atoms with Gasteiger partial charge in [0.2, 0.25) is 0 Å². The number of rotatable bonds is 3. The molecule has 2 heterocycles. The minimum atomic E-state index is 0.582. The van der Waals surface area contributed by atoms with Gasteiger partial charge in [0, 0.05) is 24.8 Å². The van der Waals surface area contributed by atoms with Gasteiger partial charge < -0.3 is 10.2 Å². The molecule has 1 N–H and O–H groups in total. The van der Waals surface area contributed by atoms with Crippen molar-refractivity contribution in [2.45, 2.75) is 46.7 Å². The Kier molecular flexibility index (Phi) is 4.46. The van der Waals surface area contributed by atoms with Gasteiger partial charge in [-0.15, -0.1) is 0 Å². The van der Waals surface area contributed by atoms with Crippen LogP contribution < -0.4 is 10.2 Å². The number of hydrogen-bond acceptors (Lipinski definition) is 3. The number of pyridine rings is 1. The van der Waals surface area contributed by atoms with Gasteiger partial charge in [-0.2, -0.15) is 0 Å². The van der Waals surface area contributed by atoms with Gasteiger partial charge in [0.15, 0.2) is 0 Å². The van der Waals surface area contributed by atoms with Gasteiger partial charge in [-0.1, -0.05) is 19.9 Å². The molecule has 0 aliphatic carbocycles. The number of nitrogens with one attached hydrogen (secondary N) is 1. The first-order chi connectivity index (χ1) is 9.02. The van der Waals surface area contributed by atoms with Crippen LogP contribution in [0.1, 0.15) is 38.4 Å². The average Bonchev–Trinajstić information content (AvgIpc) is 2.36. The summed E-state index contributed by atoms with van der Waals surface area (Å²) in [5.41, 5.74) is 2.43. The van der Waals surface area contributed by atoms with Gasteiger partial charge >= 0.3 is 0 Å². The number of anilines is 1. The smallest absolute Gasteiger partial charge is 0.129 e. The van der Waals surface area contributed by atoms with Crippen LogP contribution in [0.15, 0.2) is 12.1 Å². The number of aromatic nitrogens is 1. The maximum absolute atomic E-state index is 4.82. The maximum Gasteiger partial charge on any atom is 0.129 e. The van der Waals surface area contributed by atoms with Crippen molar-refractivity contribution in [3.05, 3.63) is 23.4 Å². The van der Waals surface area contributed by atoms with Crippen molar-refractivity contribution >= 4 is 5.82 Å². The van der Waals surface area contributed by atoms with Crippen molar-refractivity contribution in [2.75, 3.05) is 18.5 Å². The zero-order chi connectivity index (χ0) is 14.0. The molecule has 0 saturated carbocycles. The Morgan fingerprint density at radius 1 is 1.32 bits per heavy atom. The van der Waals surface area contributed by atoms with Crippen LogP contribution in [0.2, 0.25) is 0 Å². The molecular weight excluding hydrogens is 234 g/mol. The van der Waals surface area contributed by atoms with E-state index in [1.807, 2.05) is 7.05 Å². The second-order valence-corrected chi connectivity index (χ2v) is 6.16. The van der Waals surface area contributed by atoms with Crippen molar-refractivity contribution < 1.29 is 0 Å². The lowest BCUT2D eigenvalue weighted by Gasteiger charge is -2.42. The van der Waals surface area contributed by atoms with E-state index in [4.69, 9.17) is 4.98 Å². The lowest BCUT2D eigenvalue weighted by Crippen LogP contribution is -2.46. The van der Waals surface area contributed by atoms with Gasteiger partial charge in [-0.25, -0.2) is 4.98 Å². The second kappa shape index (κ2) is 5.91. The van der Waals surface area contributed by atoms with Crippen molar-refractivity contribution in [1.82, 2.24) is 10.3 Å². The Morgan fingerprint density at radius 2 is 2.05 bits per heavy atom. The fourth-order valence-corrected chi connectivity index (χ4v) is 3.13. The summed E-state index contributed by atoms with van der Waals surface area (Å²) in [6.07, 6.45) is 1.33. The van der Waals surface area contributed by atoms with Crippen LogP contribution in [0.4, 0.5) is 5.82 Å². The highest BCUT2D eigenvalue weighted by Crippen LogP contribution is 2.30. The highest BCUT2D eigenvalue weighted by atomic mass is 15.2. The molecule has 1 saturated heterocycles. The van der Waals surface area contributed by atoms with Crippen LogP contribution in [0.5, 0.6) is 0 Å². The molecule has 0 bridgehead atoms. The molecule has 1 aliphatic rings. The summed E-state index contributed by atoms with van der Waals surface area (Å²) in [5, 5.41) is 3.19. The standard InChI is InChI=1S/C16H27N3/c1-11-8-12(2)14(4)19(10-11)16-7-6-15(9-17-5)13(3)18-16/h6-7,11-12,14,17H,8-10H2,1-5H3. The Hall–Kier alpha value is -1.09. The van der Waals surface area contributed by atoms with E-state index < -0.39 is 0 Å². The van der Waals surface area contributed by atoms with Crippen molar-refractivity contribution in [1.29, 1.82) is 0 Å². The number of aryl methyl sites for hydroxylation is 1. The van der Waals surface area contributed by atoms with E-state index in [1.54, 1.807) is 0 Å². The second-order valence-electron chi connectivity index (χ2n) is 6.16. The Labute approximate surface area is 117 Å². The van der Waals surface area contributed by atoms with Crippen molar-refractivity contribution in [3.63, 3.8) is 0 Å². The molecule has 0 spiro atoms. The summed E-state index contributed by atoms with van der Waals surface area (Å²) < 4.78 is 0. The molecule has 1 aromatic rings. The zero-order valence-corrected chi connectivity index (χ0v) is 12.9. The van der Waals surface area contributed by atoms with E-state index in [2.05, 4.69) is 50.0 Å². The van der Waals surface area contributed by atoms with Crippen LogP contribution in [-0.4, -0.2) is 24.6 Å². The summed E-state index contributed by atoms with van der Waals surface area (Å²) in [6, 6.07) is 4.98. The third-order valence-electron chi connectivity index (χ3n) is 4.44. The Morgan fingerprint density at radius 3 is 2.68 bits per heavy atom. The Bertz CT molecular complexity index is 430. The molecule has 0 aromatic carbocycles. The maximum atomic E-state index is 4.82. The van der Waals surface area contributed by atoms with Crippen molar-refractivity contribution in [2.24, 2.45) is 11.8 Å². The fraction of sp³-hybridized carbons (Fsp3) is 0.688. The fourth-order valence-electron chi connectivity index (χ4n) is 3.13. The van der Waals surface area contributed by atoms with Crippen LogP contribution in [-0.2, 0) is 6.54 Å². The Balaban J connectivity index is 2.23. The van der Waals surface area contributed by atoms with Crippen LogP contribution in [0.25, 0.3) is 0 Å². The van der Waals surface area contributed by atoms with E-state index in [0.717, 1.165) is 36.4 Å². The van der Waals surface area contributed by atoms with E-state index in [-0.39, 0.29) is 0 Å². The lowest BCUT2D eigenvalue weighted by molar-refractivity contribution is 0.295. The molecule has 0 radical (unpaired) electrons. The molecule has 1 aliphatic heterocycles. The quantitative estimate of drug-likeness (QED) is 0.906. The zero-order valence-electron chi connectivity index (χ0n) is 12.9. The first-order valence-corrected chi connectivity index (χ1v) is 7.40. The first kappa shape index (κ1) is 14.3. The largest absolute Gasteiger partial charge is 0.353 e. The van der Waals surface area contributed by atoms with E-state index in [1.165, 1.54) is 12.0 Å². The molecule has 1 fully saturated rings. The minimum absolute atomic E-state index is 0.582. The van der Waals surface area contributed by atoms with Crippen LogP contribution in [0, 0.1) is 18.8 Å². The van der Waals surface area contributed by atoms with E-state index in [0.29, 0.717) is 6.04 Å². The summed E-state index contributed by atoms with van der Waals surface area (Å²) in [4.78, 5) is 7.30. The molecule has 19 heavy (non-hydrogen) atoms. The van der Waals surface area contributed by atoms with Gasteiger partial charge in [-0.05, 0) is 50.8 Å². The molecule has 3 heteroatoms. The molecule has 106 valence electrons. The first-order valence-electron chi connectivity index (χ1n) is 7.40. The molecule has 2 rings (SSSR count). The normalized spacial score (nSPS) is 27.6. The average molecular weight is 261 g/mol. The van der Waals surface area contributed by atoms with Gasteiger partial charge in [-0.3, -0.25) is 0 Å². The predicted octanol–water partition coefficient (Wildman–Crippen LogP) is 2.98. The summed E-state index contributed by atoms with van der Waals surface area (Å²) in [6.45, 7) is 11.2. The minimum Gasteiger partial charge on any atom is -0.353 e. The summed E-state index contributed by atoms with van der Waals surface area (Å²) in [5.74, 6) is 2.64. The van der Waals surface area contributed by atoms with Gasteiger partial charge in [0.1, 0.15) is 5.82 Å². The van der Waals surface area contributed by atoms with E-state index in [9.17, 15) is 0 Å². The van der Waals surface area contributed by atoms with E-state index >= 15 is 0 Å². The summed E-state index contributed by atoms with van der Waals surface area (Å²) in [7, 11) is 1.98. The molecular formula is C16H27N3. The third-order valence-corrected chi connectivity index (χ3v) is 4.44. The topological polar surface area (TPSA) is 28.2 Å². The monoisotopic (exact) mass is 261 g/mol. The SMILES string of the molecule is CNCc1ccc(N2CC(C)CC(C)C2C)nc1C. The lowest BCUT2D eigenvalue weighted by atomic mass is 9.86. The molecule has 3 unspecified atom stereocenters. The molecule has 1 aromatic heterocycles. The number of hydrogen-bond donors (Lipinski definition) is 1. The van der Waals surface area contributed by atoms with Gasteiger partial charge in [0.25, 0.3) is 0 Å². The number of piperidine rings is 1.